The molecular weight excluding hydrogens is 248 g/mol. The maximum absolute atomic E-state index is 11.9. The van der Waals surface area contributed by atoms with Gasteiger partial charge >= 0.3 is 0 Å². The summed E-state index contributed by atoms with van der Waals surface area (Å²) < 4.78 is 5.00. The highest BCUT2D eigenvalue weighted by Crippen LogP contribution is 2.18. The molecule has 0 radical (unpaired) electrons. The fourth-order valence-electron chi connectivity index (χ4n) is 1.88. The second-order valence-electron chi connectivity index (χ2n) is 4.32. The first-order valence-electron chi connectivity index (χ1n) is 5.77. The molecule has 1 saturated heterocycles. The van der Waals surface area contributed by atoms with E-state index < -0.39 is 23.5 Å². The van der Waals surface area contributed by atoms with Crippen molar-refractivity contribution in [3.8, 4) is 5.75 Å². The van der Waals surface area contributed by atoms with Crippen LogP contribution in [0.4, 0.5) is 5.69 Å². The topological polar surface area (TPSA) is 75.7 Å². The molecular formula is C13H14N2O4. The molecule has 1 aliphatic rings. The van der Waals surface area contributed by atoms with Gasteiger partial charge in [0, 0.05) is 19.3 Å². The third-order valence-corrected chi connectivity index (χ3v) is 3.00. The number of benzene rings is 1. The molecule has 0 saturated carbocycles. The highest BCUT2D eigenvalue weighted by Gasteiger charge is 2.41. The lowest BCUT2D eigenvalue weighted by Gasteiger charge is -2.10. The first-order valence-corrected chi connectivity index (χ1v) is 5.77. The van der Waals surface area contributed by atoms with E-state index in [9.17, 15) is 14.4 Å². The summed E-state index contributed by atoms with van der Waals surface area (Å²) in [6.45, 7) is 0.125. The molecule has 0 spiro atoms. The molecule has 1 heterocycles. The van der Waals surface area contributed by atoms with Crippen molar-refractivity contribution in [2.45, 2.75) is 0 Å². The number of likely N-dealkylation sites (tertiary alicyclic amines) is 1. The Kier molecular flexibility index (Phi) is 3.50. The summed E-state index contributed by atoms with van der Waals surface area (Å²) in [5.74, 6) is -2.00. The second kappa shape index (κ2) is 5.09. The number of likely N-dealkylation sites (N-methyl/N-ethyl adjacent to an activating group) is 1. The van der Waals surface area contributed by atoms with E-state index in [1.54, 1.807) is 31.4 Å². The highest BCUT2D eigenvalue weighted by atomic mass is 16.5. The van der Waals surface area contributed by atoms with Crippen LogP contribution in [0, 0.1) is 5.92 Å². The van der Waals surface area contributed by atoms with Gasteiger partial charge in [0.25, 0.3) is 5.91 Å². The minimum atomic E-state index is -0.931. The maximum Gasteiger partial charge on any atom is 0.290 e. The Morgan fingerprint density at radius 1 is 1.32 bits per heavy atom. The van der Waals surface area contributed by atoms with E-state index in [2.05, 4.69) is 5.32 Å². The molecule has 1 atom stereocenters. The second-order valence-corrected chi connectivity index (χ2v) is 4.32. The summed E-state index contributed by atoms with van der Waals surface area (Å²) in [5, 5.41) is 2.61. The molecule has 100 valence electrons. The van der Waals surface area contributed by atoms with Gasteiger partial charge < -0.3 is 15.0 Å². The highest BCUT2D eigenvalue weighted by molar-refractivity contribution is 6.43. The number of carbonyl (C=O) groups is 3. The molecule has 1 unspecified atom stereocenters. The average Bonchev–Trinajstić information content (AvgIpc) is 2.67. The van der Waals surface area contributed by atoms with E-state index in [0.29, 0.717) is 11.4 Å². The Morgan fingerprint density at radius 3 is 2.42 bits per heavy atom. The van der Waals surface area contributed by atoms with E-state index in [-0.39, 0.29) is 6.54 Å². The lowest BCUT2D eigenvalue weighted by Crippen LogP contribution is -2.29. The zero-order valence-corrected chi connectivity index (χ0v) is 10.7. The number of carbonyl (C=O) groups excluding carboxylic acids is 3. The summed E-state index contributed by atoms with van der Waals surface area (Å²) >= 11 is 0. The van der Waals surface area contributed by atoms with E-state index in [1.165, 1.54) is 11.9 Å². The number of rotatable bonds is 3. The van der Waals surface area contributed by atoms with Gasteiger partial charge in [-0.1, -0.05) is 0 Å². The monoisotopic (exact) mass is 262 g/mol. The lowest BCUT2D eigenvalue weighted by atomic mass is 10.1. The summed E-state index contributed by atoms with van der Waals surface area (Å²) in [7, 11) is 3.05. The Morgan fingerprint density at radius 2 is 1.95 bits per heavy atom. The molecule has 0 aliphatic carbocycles. The number of methoxy groups -OCH3 is 1. The molecule has 2 rings (SSSR count). The number of hydrogen-bond acceptors (Lipinski definition) is 4. The van der Waals surface area contributed by atoms with E-state index in [1.807, 2.05) is 0 Å². The standard InChI is InChI=1S/C13H14N2O4/c1-15-7-10(11(16)13(15)18)12(17)14-8-3-5-9(19-2)6-4-8/h3-6,10H,7H2,1-2H3,(H,14,17). The number of amides is 2. The number of nitrogens with zero attached hydrogens (tertiary/aromatic N) is 1. The molecule has 1 aliphatic heterocycles. The van der Waals surface area contributed by atoms with Crippen LogP contribution in [0.3, 0.4) is 0 Å². The number of hydrogen-bond donors (Lipinski definition) is 1. The van der Waals surface area contributed by atoms with Gasteiger partial charge in [0.15, 0.2) is 0 Å². The van der Waals surface area contributed by atoms with Crippen molar-refractivity contribution in [2.24, 2.45) is 5.92 Å². The molecule has 2 amide bonds. The van der Waals surface area contributed by atoms with Gasteiger partial charge in [-0.05, 0) is 24.3 Å². The molecule has 0 aromatic heterocycles. The number of anilines is 1. The minimum absolute atomic E-state index is 0.125. The van der Waals surface area contributed by atoms with Crippen LogP contribution in [-0.4, -0.2) is 43.2 Å². The predicted molar refractivity (Wildman–Crippen MR) is 67.8 cm³/mol. The van der Waals surface area contributed by atoms with Gasteiger partial charge in [0.2, 0.25) is 11.7 Å². The largest absolute Gasteiger partial charge is 0.497 e. The van der Waals surface area contributed by atoms with E-state index >= 15 is 0 Å². The van der Waals surface area contributed by atoms with Crippen molar-refractivity contribution in [3.63, 3.8) is 0 Å². The van der Waals surface area contributed by atoms with Crippen LogP contribution in [0.5, 0.6) is 5.75 Å². The molecule has 1 aromatic rings. The van der Waals surface area contributed by atoms with Gasteiger partial charge in [0.1, 0.15) is 11.7 Å². The Hall–Kier alpha value is -2.37. The van der Waals surface area contributed by atoms with Gasteiger partial charge in [-0.25, -0.2) is 0 Å². The molecule has 6 nitrogen and oxygen atoms in total. The molecule has 19 heavy (non-hydrogen) atoms. The van der Waals surface area contributed by atoms with E-state index in [4.69, 9.17) is 4.74 Å². The van der Waals surface area contributed by atoms with Gasteiger partial charge in [-0.2, -0.15) is 0 Å². The summed E-state index contributed by atoms with van der Waals surface area (Å²) in [4.78, 5) is 36.1. The van der Waals surface area contributed by atoms with Crippen molar-refractivity contribution in [1.29, 1.82) is 0 Å². The zero-order valence-electron chi connectivity index (χ0n) is 10.7. The van der Waals surface area contributed by atoms with Crippen molar-refractivity contribution in [2.75, 3.05) is 26.0 Å². The lowest BCUT2D eigenvalue weighted by molar-refractivity contribution is -0.141. The molecule has 1 N–H and O–H groups in total. The van der Waals surface area contributed by atoms with Crippen molar-refractivity contribution < 1.29 is 19.1 Å². The van der Waals surface area contributed by atoms with Crippen LogP contribution < -0.4 is 10.1 Å². The van der Waals surface area contributed by atoms with Crippen molar-refractivity contribution in [3.05, 3.63) is 24.3 Å². The maximum atomic E-state index is 11.9. The van der Waals surface area contributed by atoms with Crippen LogP contribution in [0.1, 0.15) is 0 Å². The Balaban J connectivity index is 2.05. The quantitative estimate of drug-likeness (QED) is 0.627. The van der Waals surface area contributed by atoms with Crippen LogP contribution in [0.25, 0.3) is 0 Å². The third-order valence-electron chi connectivity index (χ3n) is 3.00. The van der Waals surface area contributed by atoms with Crippen LogP contribution >= 0.6 is 0 Å². The fourth-order valence-corrected chi connectivity index (χ4v) is 1.88. The predicted octanol–water partition coefficient (Wildman–Crippen LogP) is 0.291. The summed E-state index contributed by atoms with van der Waals surface area (Å²) in [6.07, 6.45) is 0. The molecule has 6 heteroatoms. The number of ether oxygens (including phenoxy) is 1. The zero-order chi connectivity index (χ0) is 14.0. The summed E-state index contributed by atoms with van der Waals surface area (Å²) in [5.41, 5.74) is 0.556. The Bertz CT molecular complexity index is 524. The SMILES string of the molecule is COc1ccc(NC(=O)C2CN(C)C(=O)C2=O)cc1. The normalized spacial score (nSPS) is 18.6. The summed E-state index contributed by atoms with van der Waals surface area (Å²) in [6, 6.07) is 6.73. The number of nitrogens with one attached hydrogen (secondary N) is 1. The van der Waals surface area contributed by atoms with Crippen LogP contribution in [0.15, 0.2) is 24.3 Å². The molecule has 0 bridgehead atoms. The van der Waals surface area contributed by atoms with Gasteiger partial charge in [-0.3, -0.25) is 14.4 Å². The van der Waals surface area contributed by atoms with Gasteiger partial charge in [-0.15, -0.1) is 0 Å². The van der Waals surface area contributed by atoms with Crippen LogP contribution in [-0.2, 0) is 14.4 Å². The number of Topliss-reactive ketones (excluding diaryl/α,β-unsaturated/α-hetero) is 1. The minimum Gasteiger partial charge on any atom is -0.497 e. The van der Waals surface area contributed by atoms with Gasteiger partial charge in [0.05, 0.1) is 7.11 Å². The van der Waals surface area contributed by atoms with Crippen molar-refractivity contribution >= 4 is 23.3 Å². The molecule has 1 fully saturated rings. The van der Waals surface area contributed by atoms with E-state index in [0.717, 1.165) is 0 Å². The Labute approximate surface area is 110 Å². The van der Waals surface area contributed by atoms with Crippen LogP contribution in [0.2, 0.25) is 0 Å². The average molecular weight is 262 g/mol. The fraction of sp³-hybridized carbons (Fsp3) is 0.308. The van der Waals surface area contributed by atoms with Crippen molar-refractivity contribution in [1.82, 2.24) is 4.90 Å². The number of ketones is 1. The first kappa shape index (κ1) is 13.1. The third kappa shape index (κ3) is 2.57. The smallest absolute Gasteiger partial charge is 0.290 e. The first-order chi connectivity index (χ1) is 9.02. The molecule has 1 aromatic carbocycles.